The van der Waals surface area contributed by atoms with E-state index in [9.17, 15) is 5.26 Å². The van der Waals surface area contributed by atoms with E-state index < -0.39 is 0 Å². The van der Waals surface area contributed by atoms with Crippen molar-refractivity contribution in [3.8, 4) is 11.8 Å². The van der Waals surface area contributed by atoms with Crippen LogP contribution in [0.4, 0.5) is 0 Å². The van der Waals surface area contributed by atoms with E-state index >= 15 is 0 Å². The van der Waals surface area contributed by atoms with Gasteiger partial charge in [0.25, 0.3) is 0 Å². The lowest BCUT2D eigenvalue weighted by Gasteiger charge is -2.40. The highest BCUT2D eigenvalue weighted by molar-refractivity contribution is 5.45. The lowest BCUT2D eigenvalue weighted by molar-refractivity contribution is 0.228. The third-order valence-electron chi connectivity index (χ3n) is 6.41. The van der Waals surface area contributed by atoms with E-state index in [1.54, 1.807) is 0 Å². The topological polar surface area (TPSA) is 73.2 Å². The molecule has 2 N–H and O–H groups in total. The van der Waals surface area contributed by atoms with Crippen molar-refractivity contribution in [1.29, 1.82) is 5.26 Å². The van der Waals surface area contributed by atoms with Crippen LogP contribution in [0.1, 0.15) is 61.5 Å². The minimum atomic E-state index is 0.260. The minimum absolute atomic E-state index is 0.260. The molecule has 2 aromatic rings. The van der Waals surface area contributed by atoms with Crippen molar-refractivity contribution >= 4 is 0 Å². The van der Waals surface area contributed by atoms with Crippen LogP contribution in [0.3, 0.4) is 0 Å². The average molecular weight is 456 g/mol. The van der Waals surface area contributed by atoms with Gasteiger partial charge < -0.3 is 15.1 Å². The maximum Gasteiger partial charge on any atom is 0.173 e. The minimum Gasteiger partial charge on any atom is -0.381 e. The molecule has 2 aliphatic rings. The van der Waals surface area contributed by atoms with Crippen molar-refractivity contribution in [1.82, 2.24) is 20.7 Å². The fourth-order valence-corrected chi connectivity index (χ4v) is 4.87. The number of rotatable bonds is 7. The van der Waals surface area contributed by atoms with Crippen LogP contribution in [0.2, 0.25) is 0 Å². The van der Waals surface area contributed by atoms with Crippen molar-refractivity contribution in [3.63, 3.8) is 0 Å². The highest BCUT2D eigenvalue weighted by Gasteiger charge is 2.30. The molecule has 0 radical (unpaired) electrons. The summed E-state index contributed by atoms with van der Waals surface area (Å²) in [7, 11) is 0. The summed E-state index contributed by atoms with van der Waals surface area (Å²) >= 11 is 0. The van der Waals surface area contributed by atoms with E-state index in [0.29, 0.717) is 17.0 Å². The molecule has 2 atom stereocenters. The monoisotopic (exact) mass is 455 g/mol. The second kappa shape index (κ2) is 10.6. The number of aryl methyl sites for hydroxylation is 1. The number of nitriles is 1. The van der Waals surface area contributed by atoms with E-state index in [1.807, 2.05) is 37.4 Å². The molecular weight excluding hydrogens is 422 g/mol. The number of hydrogen-bond acceptors (Lipinski definition) is 6. The Kier molecular flexibility index (Phi) is 7.34. The van der Waals surface area contributed by atoms with Gasteiger partial charge in [-0.2, -0.15) is 5.26 Å². The molecule has 3 heterocycles. The number of nitrogens with zero attached hydrogens (tertiary/aromatic N) is 3. The first-order valence-electron chi connectivity index (χ1n) is 11.9. The second-order valence-corrected chi connectivity index (χ2v) is 9.19. The Morgan fingerprint density at radius 3 is 2.88 bits per heavy atom. The first-order valence-corrected chi connectivity index (χ1v) is 11.9. The number of nitrogens with one attached hydrogen (secondary N) is 2. The molecule has 1 aromatic carbocycles. The zero-order chi connectivity index (χ0) is 24.1. The number of aromatic nitrogens is 1. The van der Waals surface area contributed by atoms with Crippen LogP contribution in [-0.2, 0) is 6.54 Å². The van der Waals surface area contributed by atoms with Gasteiger partial charge in [0.15, 0.2) is 5.75 Å². The van der Waals surface area contributed by atoms with Crippen LogP contribution in [-0.4, -0.2) is 22.5 Å². The summed E-state index contributed by atoms with van der Waals surface area (Å²) in [6.45, 7) is 11.5. The van der Waals surface area contributed by atoms with Crippen LogP contribution < -0.4 is 15.6 Å². The number of benzene rings is 1. The Bertz CT molecular complexity index is 1160. The van der Waals surface area contributed by atoms with Gasteiger partial charge >= 0.3 is 0 Å². The molecule has 0 unspecified atom stereocenters. The molecule has 4 rings (SSSR count). The summed E-state index contributed by atoms with van der Waals surface area (Å²) in [5.74, 6) is 0.513. The molecule has 1 aromatic heterocycles. The smallest absolute Gasteiger partial charge is 0.173 e. The number of hydrogen-bond donors (Lipinski definition) is 2. The molecule has 0 bridgehead atoms. The van der Waals surface area contributed by atoms with E-state index in [0.717, 1.165) is 43.6 Å². The summed E-state index contributed by atoms with van der Waals surface area (Å²) in [5.41, 5.74) is 10.0. The molecule has 0 saturated carbocycles. The van der Waals surface area contributed by atoms with Gasteiger partial charge in [0.2, 0.25) is 0 Å². The third-order valence-corrected chi connectivity index (χ3v) is 6.41. The molecule has 6 nitrogen and oxygen atoms in total. The zero-order valence-electron chi connectivity index (χ0n) is 20.3. The number of piperidine rings is 1. The molecule has 34 heavy (non-hydrogen) atoms. The standard InChI is InChI=1S/C28H33N5O/c1-19(2)32-34-26-16-22(12-13-23(26)17-29)18-33-15-7-9-21(4)28(33)25-11-5-10-24(31-25)27-20(3)8-6-14-30-27/h6-9,12-14,16,24-25,31-32H,1,5,10-11,15,18H2,2-4H3/t24-,25+/m0/s1. The summed E-state index contributed by atoms with van der Waals surface area (Å²) in [6.07, 6.45) is 9.69. The summed E-state index contributed by atoms with van der Waals surface area (Å²) in [5, 5.41) is 13.4. The lowest BCUT2D eigenvalue weighted by Crippen LogP contribution is -2.44. The summed E-state index contributed by atoms with van der Waals surface area (Å²) < 4.78 is 0. The third kappa shape index (κ3) is 5.32. The van der Waals surface area contributed by atoms with Crippen molar-refractivity contribution in [2.24, 2.45) is 0 Å². The zero-order valence-corrected chi connectivity index (χ0v) is 20.3. The van der Waals surface area contributed by atoms with E-state index in [4.69, 9.17) is 4.84 Å². The van der Waals surface area contributed by atoms with Gasteiger partial charge in [0.05, 0.1) is 17.3 Å². The van der Waals surface area contributed by atoms with Gasteiger partial charge in [-0.15, -0.1) is 0 Å². The maximum atomic E-state index is 9.46. The fraction of sp³-hybridized carbons (Fsp3) is 0.357. The molecule has 1 saturated heterocycles. The molecule has 6 heteroatoms. The van der Waals surface area contributed by atoms with E-state index in [1.165, 1.54) is 16.8 Å². The number of hydroxylamine groups is 1. The quantitative estimate of drug-likeness (QED) is 0.559. The van der Waals surface area contributed by atoms with Gasteiger partial charge in [-0.3, -0.25) is 4.98 Å². The maximum absolute atomic E-state index is 9.46. The first kappa shape index (κ1) is 23.6. The summed E-state index contributed by atoms with van der Waals surface area (Å²) in [6, 6.07) is 12.6. The van der Waals surface area contributed by atoms with Gasteiger partial charge in [-0.05, 0) is 74.9 Å². The van der Waals surface area contributed by atoms with Crippen LogP contribution in [0.25, 0.3) is 0 Å². The molecule has 0 aliphatic carbocycles. The highest BCUT2D eigenvalue weighted by Crippen LogP contribution is 2.33. The van der Waals surface area contributed by atoms with Crippen molar-refractivity contribution < 1.29 is 4.84 Å². The van der Waals surface area contributed by atoms with Crippen LogP contribution in [0.15, 0.2) is 72.2 Å². The highest BCUT2D eigenvalue weighted by atomic mass is 16.6. The molecule has 1 fully saturated rings. The van der Waals surface area contributed by atoms with Gasteiger partial charge in [0, 0.05) is 36.7 Å². The average Bonchev–Trinajstić information content (AvgIpc) is 2.83. The van der Waals surface area contributed by atoms with E-state index in [-0.39, 0.29) is 12.1 Å². The predicted octanol–water partition coefficient (Wildman–Crippen LogP) is 5.21. The van der Waals surface area contributed by atoms with Gasteiger partial charge in [0.1, 0.15) is 6.07 Å². The fourth-order valence-electron chi connectivity index (χ4n) is 4.87. The van der Waals surface area contributed by atoms with Gasteiger partial charge in [-0.1, -0.05) is 30.9 Å². The second-order valence-electron chi connectivity index (χ2n) is 9.19. The SMILES string of the molecule is C=C(C)NOc1cc(CN2CC=CC(C)=C2[C@H]2CCC[C@@H](c3ncccc3C)N2)ccc1C#N. The van der Waals surface area contributed by atoms with E-state index in [2.05, 4.69) is 65.4 Å². The Morgan fingerprint density at radius 2 is 2.12 bits per heavy atom. The molecular formula is C28H33N5O. The summed E-state index contributed by atoms with van der Waals surface area (Å²) in [4.78, 5) is 12.7. The Hall–Kier alpha value is -3.56. The number of allylic oxidation sites excluding steroid dienone is 3. The normalized spacial score (nSPS) is 20.1. The molecule has 0 spiro atoms. The lowest BCUT2D eigenvalue weighted by atomic mass is 9.90. The Balaban J connectivity index is 1.56. The first-order chi connectivity index (χ1) is 16.5. The Labute approximate surface area is 202 Å². The van der Waals surface area contributed by atoms with Crippen molar-refractivity contribution in [2.45, 2.75) is 58.7 Å². The largest absolute Gasteiger partial charge is 0.381 e. The molecule has 0 amide bonds. The Morgan fingerprint density at radius 1 is 1.29 bits per heavy atom. The van der Waals surface area contributed by atoms with Crippen molar-refractivity contribution in [3.05, 3.63) is 94.6 Å². The van der Waals surface area contributed by atoms with Crippen molar-refractivity contribution in [2.75, 3.05) is 6.54 Å². The molecule has 2 aliphatic heterocycles. The van der Waals surface area contributed by atoms with Crippen LogP contribution in [0, 0.1) is 18.3 Å². The predicted molar refractivity (Wildman–Crippen MR) is 134 cm³/mol. The molecule has 176 valence electrons. The van der Waals surface area contributed by atoms with Crippen LogP contribution in [0.5, 0.6) is 5.75 Å². The van der Waals surface area contributed by atoms with Gasteiger partial charge in [-0.25, -0.2) is 5.48 Å². The van der Waals surface area contributed by atoms with Crippen LogP contribution >= 0.6 is 0 Å². The number of pyridine rings is 1.